The molecule has 98 valence electrons. The molecular formula is C16H16BrNO. The van der Waals surface area contributed by atoms with Crippen LogP contribution in [0.5, 0.6) is 0 Å². The lowest BCUT2D eigenvalue weighted by Gasteiger charge is -2.06. The molecule has 0 spiro atoms. The Labute approximate surface area is 122 Å². The summed E-state index contributed by atoms with van der Waals surface area (Å²) in [6.07, 6.45) is 1.24. The van der Waals surface area contributed by atoms with Crippen LogP contribution in [0.15, 0.2) is 53.0 Å². The first-order chi connectivity index (χ1) is 9.13. The van der Waals surface area contributed by atoms with Crippen LogP contribution >= 0.6 is 15.9 Å². The van der Waals surface area contributed by atoms with Crippen molar-refractivity contribution in [2.24, 2.45) is 0 Å². The van der Waals surface area contributed by atoms with Crippen molar-refractivity contribution >= 4 is 27.5 Å². The maximum absolute atomic E-state index is 11.9. The number of carbonyl (C=O) groups excluding carboxylic acids is 1. The van der Waals surface area contributed by atoms with E-state index < -0.39 is 0 Å². The Balaban J connectivity index is 1.88. The molecule has 2 nitrogen and oxygen atoms in total. The van der Waals surface area contributed by atoms with Gasteiger partial charge in [0.2, 0.25) is 5.91 Å². The van der Waals surface area contributed by atoms with Gasteiger partial charge in [0.05, 0.1) is 0 Å². The molecule has 1 amide bonds. The molecule has 0 unspecified atom stereocenters. The molecule has 0 fully saturated rings. The molecule has 0 aliphatic heterocycles. The van der Waals surface area contributed by atoms with Crippen LogP contribution in [0.2, 0.25) is 0 Å². The van der Waals surface area contributed by atoms with Gasteiger partial charge in [-0.25, -0.2) is 0 Å². The summed E-state index contributed by atoms with van der Waals surface area (Å²) < 4.78 is 1.05. The zero-order valence-electron chi connectivity index (χ0n) is 10.8. The minimum atomic E-state index is 0.0468. The molecular weight excluding hydrogens is 302 g/mol. The highest BCUT2D eigenvalue weighted by Gasteiger charge is 2.03. The van der Waals surface area contributed by atoms with E-state index in [1.807, 2.05) is 55.5 Å². The summed E-state index contributed by atoms with van der Waals surface area (Å²) >= 11 is 3.43. The Kier molecular flexibility index (Phi) is 4.74. The lowest BCUT2D eigenvalue weighted by atomic mass is 10.1. The molecule has 1 N–H and O–H groups in total. The van der Waals surface area contributed by atoms with Crippen molar-refractivity contribution in [1.82, 2.24) is 0 Å². The smallest absolute Gasteiger partial charge is 0.224 e. The molecule has 0 aromatic heterocycles. The van der Waals surface area contributed by atoms with Gasteiger partial charge in [0.15, 0.2) is 0 Å². The summed E-state index contributed by atoms with van der Waals surface area (Å²) in [5.41, 5.74) is 3.16. The van der Waals surface area contributed by atoms with Crippen molar-refractivity contribution in [3.05, 3.63) is 64.1 Å². The average Bonchev–Trinajstić information content (AvgIpc) is 2.36. The van der Waals surface area contributed by atoms with Crippen LogP contribution in [0.1, 0.15) is 17.5 Å². The van der Waals surface area contributed by atoms with Crippen molar-refractivity contribution in [2.75, 3.05) is 5.32 Å². The van der Waals surface area contributed by atoms with Gasteiger partial charge < -0.3 is 5.32 Å². The molecule has 19 heavy (non-hydrogen) atoms. The number of hydrogen-bond donors (Lipinski definition) is 1. The van der Waals surface area contributed by atoms with Gasteiger partial charge in [0.25, 0.3) is 0 Å². The van der Waals surface area contributed by atoms with Gasteiger partial charge in [-0.2, -0.15) is 0 Å². The van der Waals surface area contributed by atoms with E-state index in [-0.39, 0.29) is 5.91 Å². The van der Waals surface area contributed by atoms with E-state index in [4.69, 9.17) is 0 Å². The molecule has 2 rings (SSSR count). The van der Waals surface area contributed by atoms with Crippen molar-refractivity contribution in [3.63, 3.8) is 0 Å². The summed E-state index contributed by atoms with van der Waals surface area (Å²) in [4.78, 5) is 11.9. The van der Waals surface area contributed by atoms with E-state index in [0.717, 1.165) is 27.7 Å². The number of hydrogen-bond acceptors (Lipinski definition) is 1. The molecule has 0 saturated carbocycles. The number of aryl methyl sites for hydroxylation is 2. The largest absolute Gasteiger partial charge is 0.326 e. The zero-order valence-corrected chi connectivity index (χ0v) is 12.4. The monoisotopic (exact) mass is 317 g/mol. The summed E-state index contributed by atoms with van der Waals surface area (Å²) in [5, 5.41) is 2.92. The molecule has 0 saturated heterocycles. The lowest BCUT2D eigenvalue weighted by Crippen LogP contribution is -2.12. The Morgan fingerprint density at radius 1 is 1.16 bits per heavy atom. The van der Waals surface area contributed by atoms with E-state index in [1.165, 1.54) is 0 Å². The highest BCUT2D eigenvalue weighted by Crippen LogP contribution is 2.14. The number of halogens is 1. The first kappa shape index (κ1) is 13.8. The van der Waals surface area contributed by atoms with Crippen LogP contribution in [0, 0.1) is 6.92 Å². The van der Waals surface area contributed by atoms with Gasteiger partial charge in [-0.1, -0.05) is 40.2 Å². The normalized spacial score (nSPS) is 10.2. The Bertz CT molecular complexity index is 580. The van der Waals surface area contributed by atoms with Gasteiger partial charge in [-0.15, -0.1) is 0 Å². The van der Waals surface area contributed by atoms with Crippen LogP contribution in [-0.2, 0) is 11.2 Å². The van der Waals surface area contributed by atoms with Crippen LogP contribution in [0.3, 0.4) is 0 Å². The quantitative estimate of drug-likeness (QED) is 0.893. The summed E-state index contributed by atoms with van der Waals surface area (Å²) in [5.74, 6) is 0.0468. The van der Waals surface area contributed by atoms with E-state index in [0.29, 0.717) is 6.42 Å². The summed E-state index contributed by atoms with van der Waals surface area (Å²) in [6.45, 7) is 2.01. The second-order valence-corrected chi connectivity index (χ2v) is 5.46. The van der Waals surface area contributed by atoms with Crippen LogP contribution < -0.4 is 5.32 Å². The van der Waals surface area contributed by atoms with Crippen LogP contribution in [0.4, 0.5) is 5.69 Å². The molecule has 0 heterocycles. The number of amides is 1. The first-order valence-electron chi connectivity index (χ1n) is 6.24. The van der Waals surface area contributed by atoms with Gasteiger partial charge >= 0.3 is 0 Å². The van der Waals surface area contributed by atoms with Gasteiger partial charge in [-0.05, 0) is 48.7 Å². The second-order valence-electron chi connectivity index (χ2n) is 4.55. The first-order valence-corrected chi connectivity index (χ1v) is 7.04. The minimum absolute atomic E-state index is 0.0468. The van der Waals surface area contributed by atoms with E-state index in [2.05, 4.69) is 21.2 Å². The van der Waals surface area contributed by atoms with Crippen molar-refractivity contribution in [3.8, 4) is 0 Å². The molecule has 0 atom stereocenters. The Hall–Kier alpha value is -1.61. The number of benzene rings is 2. The molecule has 0 aliphatic carbocycles. The van der Waals surface area contributed by atoms with Crippen LogP contribution in [-0.4, -0.2) is 5.91 Å². The van der Waals surface area contributed by atoms with Crippen LogP contribution in [0.25, 0.3) is 0 Å². The van der Waals surface area contributed by atoms with Gasteiger partial charge in [0.1, 0.15) is 0 Å². The molecule has 0 aliphatic rings. The summed E-state index contributed by atoms with van der Waals surface area (Å²) in [6, 6.07) is 15.9. The van der Waals surface area contributed by atoms with E-state index in [9.17, 15) is 4.79 Å². The third kappa shape index (κ3) is 4.52. The third-order valence-corrected chi connectivity index (χ3v) is 3.32. The molecule has 0 radical (unpaired) electrons. The van der Waals surface area contributed by atoms with Gasteiger partial charge in [0, 0.05) is 16.6 Å². The third-order valence-electron chi connectivity index (χ3n) is 2.83. The maximum Gasteiger partial charge on any atom is 0.224 e. The van der Waals surface area contributed by atoms with E-state index in [1.54, 1.807) is 0 Å². The fourth-order valence-corrected chi connectivity index (χ4v) is 2.34. The predicted octanol–water partition coefficient (Wildman–Crippen LogP) is 4.33. The minimum Gasteiger partial charge on any atom is -0.326 e. The summed E-state index contributed by atoms with van der Waals surface area (Å²) in [7, 11) is 0. The number of carbonyl (C=O) groups is 1. The SMILES string of the molecule is Cc1cccc(NC(=O)CCc2cccc(Br)c2)c1. The lowest BCUT2D eigenvalue weighted by molar-refractivity contribution is -0.116. The average molecular weight is 318 g/mol. The highest BCUT2D eigenvalue weighted by atomic mass is 79.9. The number of anilines is 1. The fourth-order valence-electron chi connectivity index (χ4n) is 1.90. The van der Waals surface area contributed by atoms with Crippen molar-refractivity contribution in [2.45, 2.75) is 19.8 Å². The fraction of sp³-hybridized carbons (Fsp3) is 0.188. The van der Waals surface area contributed by atoms with Gasteiger partial charge in [-0.3, -0.25) is 4.79 Å². The standard InChI is InChI=1S/C16H16BrNO/c1-12-4-2-7-15(10-12)18-16(19)9-8-13-5-3-6-14(17)11-13/h2-7,10-11H,8-9H2,1H3,(H,18,19). The topological polar surface area (TPSA) is 29.1 Å². The molecule has 2 aromatic rings. The molecule has 2 aromatic carbocycles. The second kappa shape index (κ2) is 6.53. The van der Waals surface area contributed by atoms with Crippen molar-refractivity contribution in [1.29, 1.82) is 0 Å². The number of nitrogens with one attached hydrogen (secondary N) is 1. The highest BCUT2D eigenvalue weighted by molar-refractivity contribution is 9.10. The zero-order chi connectivity index (χ0) is 13.7. The Morgan fingerprint density at radius 2 is 1.95 bits per heavy atom. The molecule has 0 bridgehead atoms. The maximum atomic E-state index is 11.9. The molecule has 3 heteroatoms. The van der Waals surface area contributed by atoms with Crippen molar-refractivity contribution < 1.29 is 4.79 Å². The number of rotatable bonds is 4. The Morgan fingerprint density at radius 3 is 2.68 bits per heavy atom. The predicted molar refractivity (Wildman–Crippen MR) is 82.3 cm³/mol. The van der Waals surface area contributed by atoms with E-state index >= 15 is 0 Å².